The highest BCUT2D eigenvalue weighted by Gasteiger charge is 2.01. The molecule has 2 N–H and O–H groups in total. The molecule has 0 atom stereocenters. The van der Waals surface area contributed by atoms with Crippen LogP contribution in [0.1, 0.15) is 26.7 Å². The van der Waals surface area contributed by atoms with Gasteiger partial charge in [0.15, 0.2) is 0 Å². The molecule has 0 unspecified atom stereocenters. The Morgan fingerprint density at radius 2 is 1.91 bits per heavy atom. The SMILES string of the molecule is COCCCNC(=O)CNc1ccc(OCCC(C)C)cc1. The quantitative estimate of drug-likeness (QED) is 0.617. The number of amides is 1. The van der Waals surface area contributed by atoms with Gasteiger partial charge < -0.3 is 20.1 Å². The van der Waals surface area contributed by atoms with Crippen molar-refractivity contribution in [3.63, 3.8) is 0 Å². The highest BCUT2D eigenvalue weighted by molar-refractivity contribution is 5.80. The number of nitrogens with one attached hydrogen (secondary N) is 2. The molecular weight excluding hydrogens is 280 g/mol. The molecule has 0 aliphatic rings. The molecule has 0 aliphatic heterocycles. The van der Waals surface area contributed by atoms with Crippen molar-refractivity contribution in [1.29, 1.82) is 0 Å². The van der Waals surface area contributed by atoms with E-state index in [2.05, 4.69) is 24.5 Å². The van der Waals surface area contributed by atoms with Crippen LogP contribution in [-0.2, 0) is 9.53 Å². The first kappa shape index (κ1) is 18.3. The van der Waals surface area contributed by atoms with E-state index in [1.54, 1.807) is 7.11 Å². The number of rotatable bonds is 11. The third kappa shape index (κ3) is 8.52. The van der Waals surface area contributed by atoms with Crippen LogP contribution < -0.4 is 15.4 Å². The standard InChI is InChI=1S/C17H28N2O3/c1-14(2)9-12-22-16-7-5-15(6-8-16)19-13-17(20)18-10-4-11-21-3/h5-8,14,19H,4,9-13H2,1-3H3,(H,18,20). The van der Waals surface area contributed by atoms with Gasteiger partial charge in [-0.1, -0.05) is 13.8 Å². The largest absolute Gasteiger partial charge is 0.494 e. The lowest BCUT2D eigenvalue weighted by molar-refractivity contribution is -0.119. The van der Waals surface area contributed by atoms with Crippen molar-refractivity contribution in [3.05, 3.63) is 24.3 Å². The predicted octanol–water partition coefficient (Wildman–Crippen LogP) is 2.68. The van der Waals surface area contributed by atoms with E-state index in [1.807, 2.05) is 24.3 Å². The summed E-state index contributed by atoms with van der Waals surface area (Å²) in [5, 5.41) is 5.92. The van der Waals surface area contributed by atoms with Crippen LogP contribution in [0.2, 0.25) is 0 Å². The fraction of sp³-hybridized carbons (Fsp3) is 0.588. The van der Waals surface area contributed by atoms with Crippen LogP contribution in [0.4, 0.5) is 5.69 Å². The van der Waals surface area contributed by atoms with E-state index in [4.69, 9.17) is 9.47 Å². The van der Waals surface area contributed by atoms with Crippen LogP contribution in [-0.4, -0.2) is 39.3 Å². The first-order valence-corrected chi connectivity index (χ1v) is 7.84. The zero-order valence-electron chi connectivity index (χ0n) is 13.9. The third-order valence-corrected chi connectivity index (χ3v) is 3.12. The van der Waals surface area contributed by atoms with E-state index in [0.29, 0.717) is 19.1 Å². The van der Waals surface area contributed by atoms with Gasteiger partial charge >= 0.3 is 0 Å². The number of carbonyl (C=O) groups excluding carboxylic acids is 1. The maximum atomic E-state index is 11.6. The number of anilines is 1. The second-order valence-electron chi connectivity index (χ2n) is 5.61. The second-order valence-corrected chi connectivity index (χ2v) is 5.61. The molecule has 1 rings (SSSR count). The van der Waals surface area contributed by atoms with Gasteiger partial charge in [0.1, 0.15) is 5.75 Å². The van der Waals surface area contributed by atoms with Gasteiger partial charge in [-0.15, -0.1) is 0 Å². The zero-order chi connectivity index (χ0) is 16.2. The molecule has 0 aromatic heterocycles. The first-order chi connectivity index (χ1) is 10.6. The molecule has 1 aromatic rings. The third-order valence-electron chi connectivity index (χ3n) is 3.12. The molecule has 1 amide bonds. The van der Waals surface area contributed by atoms with E-state index in [0.717, 1.165) is 30.9 Å². The van der Waals surface area contributed by atoms with Crippen LogP contribution in [0.3, 0.4) is 0 Å². The van der Waals surface area contributed by atoms with Crippen molar-refractivity contribution in [2.45, 2.75) is 26.7 Å². The fourth-order valence-corrected chi connectivity index (χ4v) is 1.77. The Morgan fingerprint density at radius 1 is 1.18 bits per heavy atom. The Kier molecular flexibility index (Phi) is 9.07. The molecule has 5 nitrogen and oxygen atoms in total. The number of hydrogen-bond donors (Lipinski definition) is 2. The average Bonchev–Trinajstić information content (AvgIpc) is 2.50. The van der Waals surface area contributed by atoms with Crippen molar-refractivity contribution in [2.24, 2.45) is 5.92 Å². The first-order valence-electron chi connectivity index (χ1n) is 7.84. The van der Waals surface area contributed by atoms with Crippen LogP contribution >= 0.6 is 0 Å². The normalized spacial score (nSPS) is 10.5. The predicted molar refractivity (Wildman–Crippen MR) is 89.4 cm³/mol. The molecule has 0 spiro atoms. The number of ether oxygens (including phenoxy) is 2. The molecule has 22 heavy (non-hydrogen) atoms. The summed E-state index contributed by atoms with van der Waals surface area (Å²) >= 11 is 0. The summed E-state index contributed by atoms with van der Waals surface area (Å²) < 4.78 is 10.6. The van der Waals surface area contributed by atoms with Crippen molar-refractivity contribution in [3.8, 4) is 5.75 Å². The fourth-order valence-electron chi connectivity index (χ4n) is 1.77. The van der Waals surface area contributed by atoms with E-state index in [9.17, 15) is 4.79 Å². The van der Waals surface area contributed by atoms with Gasteiger partial charge in [0.25, 0.3) is 0 Å². The Balaban J connectivity index is 2.22. The van der Waals surface area contributed by atoms with E-state index in [1.165, 1.54) is 0 Å². The lowest BCUT2D eigenvalue weighted by Gasteiger charge is -2.10. The van der Waals surface area contributed by atoms with Crippen molar-refractivity contribution < 1.29 is 14.3 Å². The summed E-state index contributed by atoms with van der Waals surface area (Å²) in [6, 6.07) is 7.67. The summed E-state index contributed by atoms with van der Waals surface area (Å²) in [6.45, 7) is 6.64. The number of carbonyl (C=O) groups is 1. The lowest BCUT2D eigenvalue weighted by Crippen LogP contribution is -2.31. The Morgan fingerprint density at radius 3 is 2.55 bits per heavy atom. The molecule has 1 aromatic carbocycles. The molecule has 0 heterocycles. The molecule has 5 heteroatoms. The van der Waals surface area contributed by atoms with Crippen molar-refractivity contribution in [2.75, 3.05) is 38.7 Å². The van der Waals surface area contributed by atoms with Gasteiger partial charge in [0.2, 0.25) is 5.91 Å². The zero-order valence-corrected chi connectivity index (χ0v) is 13.9. The molecule has 0 bridgehead atoms. The van der Waals surface area contributed by atoms with E-state index < -0.39 is 0 Å². The van der Waals surface area contributed by atoms with Crippen LogP contribution in [0.5, 0.6) is 5.75 Å². The molecule has 0 saturated carbocycles. The number of methoxy groups -OCH3 is 1. The van der Waals surface area contributed by atoms with Crippen LogP contribution in [0.25, 0.3) is 0 Å². The maximum Gasteiger partial charge on any atom is 0.239 e. The van der Waals surface area contributed by atoms with Gasteiger partial charge in [-0.2, -0.15) is 0 Å². The summed E-state index contributed by atoms with van der Waals surface area (Å²) in [5.41, 5.74) is 0.906. The Labute approximate surface area is 133 Å². The van der Waals surface area contributed by atoms with Gasteiger partial charge in [0.05, 0.1) is 13.2 Å². The summed E-state index contributed by atoms with van der Waals surface area (Å²) in [4.78, 5) is 11.6. The Bertz CT molecular complexity index is 418. The monoisotopic (exact) mass is 308 g/mol. The van der Waals surface area contributed by atoms with Crippen molar-refractivity contribution >= 4 is 11.6 Å². The molecule has 124 valence electrons. The summed E-state index contributed by atoms with van der Waals surface area (Å²) in [7, 11) is 1.65. The van der Waals surface area contributed by atoms with Crippen LogP contribution in [0, 0.1) is 5.92 Å². The average molecular weight is 308 g/mol. The minimum absolute atomic E-state index is 0.0200. The van der Waals surface area contributed by atoms with E-state index >= 15 is 0 Å². The van der Waals surface area contributed by atoms with Crippen LogP contribution in [0.15, 0.2) is 24.3 Å². The van der Waals surface area contributed by atoms with E-state index in [-0.39, 0.29) is 12.5 Å². The minimum atomic E-state index is -0.0200. The highest BCUT2D eigenvalue weighted by atomic mass is 16.5. The van der Waals surface area contributed by atoms with Gasteiger partial charge in [-0.25, -0.2) is 0 Å². The van der Waals surface area contributed by atoms with Gasteiger partial charge in [-0.05, 0) is 43.0 Å². The van der Waals surface area contributed by atoms with Gasteiger partial charge in [-0.3, -0.25) is 4.79 Å². The number of hydrogen-bond acceptors (Lipinski definition) is 4. The molecule has 0 aliphatic carbocycles. The molecule has 0 radical (unpaired) electrons. The molecule has 0 fully saturated rings. The Hall–Kier alpha value is -1.75. The van der Waals surface area contributed by atoms with Crippen molar-refractivity contribution in [1.82, 2.24) is 5.32 Å². The molecule has 0 saturated heterocycles. The summed E-state index contributed by atoms with van der Waals surface area (Å²) in [6.07, 6.45) is 1.87. The maximum absolute atomic E-state index is 11.6. The molecular formula is C17H28N2O3. The second kappa shape index (κ2) is 10.9. The number of benzene rings is 1. The topological polar surface area (TPSA) is 59.6 Å². The lowest BCUT2D eigenvalue weighted by atomic mass is 10.1. The smallest absolute Gasteiger partial charge is 0.239 e. The van der Waals surface area contributed by atoms with Gasteiger partial charge in [0, 0.05) is 25.9 Å². The minimum Gasteiger partial charge on any atom is -0.494 e. The highest BCUT2D eigenvalue weighted by Crippen LogP contribution is 2.16. The summed E-state index contributed by atoms with van der Waals surface area (Å²) in [5.74, 6) is 1.48.